The van der Waals surface area contributed by atoms with Crippen LogP contribution in [0.4, 0.5) is 23.2 Å². The highest BCUT2D eigenvalue weighted by Crippen LogP contribution is 2.37. The number of carbonyl (C=O) groups excluding carboxylic acids is 1. The summed E-state index contributed by atoms with van der Waals surface area (Å²) in [7, 11) is 0. The number of fused-ring (bicyclic) bond motifs is 2. The number of anilines is 1. The number of hydrogen-bond donors (Lipinski definition) is 0. The fourth-order valence-corrected chi connectivity index (χ4v) is 5.50. The highest BCUT2D eigenvalue weighted by Gasteiger charge is 2.36. The summed E-state index contributed by atoms with van der Waals surface area (Å²) in [5.41, 5.74) is 0.603. The van der Waals surface area contributed by atoms with E-state index in [1.807, 2.05) is 0 Å². The summed E-state index contributed by atoms with van der Waals surface area (Å²) in [4.78, 5) is 18.5. The first-order valence-electron chi connectivity index (χ1n) is 11.0. The van der Waals surface area contributed by atoms with Gasteiger partial charge < -0.3 is 4.74 Å². The quantitative estimate of drug-likeness (QED) is 0.436. The van der Waals surface area contributed by atoms with Gasteiger partial charge in [0, 0.05) is 36.1 Å². The van der Waals surface area contributed by atoms with E-state index in [1.54, 1.807) is 11.3 Å². The van der Waals surface area contributed by atoms with Crippen molar-refractivity contribution in [3.8, 4) is 5.75 Å². The van der Waals surface area contributed by atoms with Crippen molar-refractivity contribution in [3.05, 3.63) is 81.3 Å². The van der Waals surface area contributed by atoms with E-state index in [9.17, 15) is 22.4 Å². The summed E-state index contributed by atoms with van der Waals surface area (Å²) in [5, 5.41) is 2.09. The van der Waals surface area contributed by atoms with Crippen LogP contribution in [-0.2, 0) is 19.1 Å². The maximum absolute atomic E-state index is 14.1. The first-order chi connectivity index (χ1) is 16.3. The van der Waals surface area contributed by atoms with Crippen LogP contribution in [0, 0.1) is 5.82 Å². The van der Waals surface area contributed by atoms with Gasteiger partial charge in [0.2, 0.25) is 0 Å². The van der Waals surface area contributed by atoms with E-state index in [0.717, 1.165) is 31.6 Å². The first-order valence-corrected chi connectivity index (χ1v) is 11.9. The van der Waals surface area contributed by atoms with Crippen LogP contribution in [0.5, 0.6) is 5.75 Å². The minimum Gasteiger partial charge on any atom is -0.489 e. The average molecular weight is 491 g/mol. The molecular weight excluding hydrogens is 468 g/mol. The lowest BCUT2D eigenvalue weighted by Gasteiger charge is -2.38. The van der Waals surface area contributed by atoms with E-state index in [1.165, 1.54) is 45.7 Å². The molecule has 3 aromatic rings. The molecule has 178 valence electrons. The Kier molecular flexibility index (Phi) is 6.07. The van der Waals surface area contributed by atoms with Gasteiger partial charge in [-0.1, -0.05) is 6.07 Å². The summed E-state index contributed by atoms with van der Waals surface area (Å²) < 4.78 is 59.7. The maximum atomic E-state index is 14.1. The monoisotopic (exact) mass is 490 g/mol. The number of amides is 1. The van der Waals surface area contributed by atoms with Crippen LogP contribution in [0.25, 0.3) is 0 Å². The molecule has 2 aliphatic heterocycles. The number of hydrogen-bond acceptors (Lipinski definition) is 4. The zero-order valence-electron chi connectivity index (χ0n) is 18.1. The van der Waals surface area contributed by atoms with Gasteiger partial charge in [0.1, 0.15) is 18.2 Å². The SMILES string of the molecule is O=C(c1cccc(C(F)(F)F)c1)N1c2cc(F)ccc2OCC1CCN1CCc2ccsc2C1. The van der Waals surface area contributed by atoms with Crippen molar-refractivity contribution in [2.45, 2.75) is 31.6 Å². The van der Waals surface area contributed by atoms with Crippen molar-refractivity contribution in [1.82, 2.24) is 4.90 Å². The summed E-state index contributed by atoms with van der Waals surface area (Å²) in [6.45, 7) is 2.58. The summed E-state index contributed by atoms with van der Waals surface area (Å²) >= 11 is 1.72. The van der Waals surface area contributed by atoms with Gasteiger partial charge in [-0.25, -0.2) is 4.39 Å². The number of ether oxygens (including phenoxy) is 1. The lowest BCUT2D eigenvalue weighted by Crippen LogP contribution is -2.48. The van der Waals surface area contributed by atoms with Gasteiger partial charge in [-0.2, -0.15) is 13.2 Å². The number of thiophene rings is 1. The molecule has 5 rings (SSSR count). The van der Waals surface area contributed by atoms with Crippen molar-refractivity contribution in [2.75, 3.05) is 24.6 Å². The number of nitrogens with zero attached hydrogens (tertiary/aromatic N) is 2. The van der Waals surface area contributed by atoms with E-state index in [-0.39, 0.29) is 17.9 Å². The second-order valence-corrected chi connectivity index (χ2v) is 9.52. The molecule has 9 heteroatoms. The minimum atomic E-state index is -4.57. The third-order valence-electron chi connectivity index (χ3n) is 6.31. The Labute approximate surface area is 198 Å². The molecule has 0 radical (unpaired) electrons. The number of alkyl halides is 3. The lowest BCUT2D eigenvalue weighted by molar-refractivity contribution is -0.137. The maximum Gasteiger partial charge on any atom is 0.416 e. The van der Waals surface area contributed by atoms with Crippen molar-refractivity contribution in [3.63, 3.8) is 0 Å². The van der Waals surface area contributed by atoms with Gasteiger partial charge in [-0.3, -0.25) is 14.6 Å². The Morgan fingerprint density at radius 1 is 1.15 bits per heavy atom. The van der Waals surface area contributed by atoms with Gasteiger partial charge in [0.25, 0.3) is 5.91 Å². The largest absolute Gasteiger partial charge is 0.489 e. The molecule has 3 heterocycles. The van der Waals surface area contributed by atoms with Crippen LogP contribution in [-0.4, -0.2) is 36.5 Å². The second kappa shape index (κ2) is 9.03. The minimum absolute atomic E-state index is 0.0989. The molecular formula is C25H22F4N2O2S. The molecule has 0 fully saturated rings. The average Bonchev–Trinajstić information content (AvgIpc) is 3.29. The van der Waals surface area contributed by atoms with Crippen LogP contribution in [0.2, 0.25) is 0 Å². The summed E-state index contributed by atoms with van der Waals surface area (Å²) in [5.74, 6) is -0.823. The third kappa shape index (κ3) is 4.54. The fraction of sp³-hybridized carbons (Fsp3) is 0.320. The molecule has 1 aromatic heterocycles. The normalized spacial score (nSPS) is 18.2. The van der Waals surface area contributed by atoms with Crippen LogP contribution >= 0.6 is 11.3 Å². The Bertz CT molecular complexity index is 1210. The third-order valence-corrected chi connectivity index (χ3v) is 7.26. The van der Waals surface area contributed by atoms with Gasteiger partial charge in [0.05, 0.1) is 17.3 Å². The first kappa shape index (κ1) is 22.9. The molecule has 0 aliphatic carbocycles. The van der Waals surface area contributed by atoms with Crippen molar-refractivity contribution < 1.29 is 27.1 Å². The van der Waals surface area contributed by atoms with Gasteiger partial charge >= 0.3 is 6.18 Å². The molecule has 34 heavy (non-hydrogen) atoms. The molecule has 2 aromatic carbocycles. The van der Waals surface area contributed by atoms with Crippen LogP contribution in [0.1, 0.15) is 32.8 Å². The highest BCUT2D eigenvalue weighted by atomic mass is 32.1. The Morgan fingerprint density at radius 2 is 2.00 bits per heavy atom. The van der Waals surface area contributed by atoms with Crippen LogP contribution in [0.3, 0.4) is 0 Å². The number of carbonyl (C=O) groups is 1. The topological polar surface area (TPSA) is 32.8 Å². The number of rotatable bonds is 4. The molecule has 0 N–H and O–H groups in total. The second-order valence-electron chi connectivity index (χ2n) is 8.51. The van der Waals surface area contributed by atoms with Crippen LogP contribution in [0.15, 0.2) is 53.9 Å². The predicted molar refractivity (Wildman–Crippen MR) is 122 cm³/mol. The molecule has 0 spiro atoms. The molecule has 0 saturated heterocycles. The van der Waals surface area contributed by atoms with Gasteiger partial charge in [0.15, 0.2) is 0 Å². The van der Waals surface area contributed by atoms with Gasteiger partial charge in [-0.15, -0.1) is 11.3 Å². The standard InChI is InChI=1S/C25H22F4N2O2S/c26-19-4-5-22-21(13-19)31(24(32)17-2-1-3-18(12-17)25(27,28)29)20(15-33-22)7-10-30-9-6-16-8-11-34-23(16)14-30/h1-5,8,11-13,20H,6-7,9-10,14-15H2. The van der Waals surface area contributed by atoms with E-state index >= 15 is 0 Å². The molecule has 1 atom stereocenters. The van der Waals surface area contributed by atoms with Crippen molar-refractivity contribution in [2.24, 2.45) is 0 Å². The molecule has 4 nitrogen and oxygen atoms in total. The Morgan fingerprint density at radius 3 is 2.82 bits per heavy atom. The molecule has 0 saturated carbocycles. The van der Waals surface area contributed by atoms with Crippen molar-refractivity contribution in [1.29, 1.82) is 0 Å². The van der Waals surface area contributed by atoms with Crippen LogP contribution < -0.4 is 9.64 Å². The summed E-state index contributed by atoms with van der Waals surface area (Å²) in [6.07, 6.45) is -3.07. The highest BCUT2D eigenvalue weighted by molar-refractivity contribution is 7.10. The predicted octanol–water partition coefficient (Wildman–Crippen LogP) is 5.76. The molecule has 1 amide bonds. The zero-order valence-corrected chi connectivity index (χ0v) is 19.0. The lowest BCUT2D eigenvalue weighted by atomic mass is 10.0. The van der Waals surface area contributed by atoms with Gasteiger partial charge in [-0.05, 0) is 60.2 Å². The molecule has 2 aliphatic rings. The number of benzene rings is 2. The van der Waals surface area contributed by atoms with Crippen molar-refractivity contribution >= 4 is 22.9 Å². The molecule has 1 unspecified atom stereocenters. The number of halogens is 4. The Hall–Kier alpha value is -2.91. The smallest absolute Gasteiger partial charge is 0.416 e. The summed E-state index contributed by atoms with van der Waals surface area (Å²) in [6, 6.07) is 9.91. The Balaban J connectivity index is 1.41. The van der Waals surface area contributed by atoms with E-state index in [2.05, 4.69) is 16.3 Å². The van der Waals surface area contributed by atoms with E-state index < -0.39 is 29.5 Å². The van der Waals surface area contributed by atoms with E-state index in [4.69, 9.17) is 4.74 Å². The van der Waals surface area contributed by atoms with E-state index in [0.29, 0.717) is 18.7 Å². The zero-order chi connectivity index (χ0) is 23.9. The fourth-order valence-electron chi connectivity index (χ4n) is 4.52. The molecule has 0 bridgehead atoms.